The van der Waals surface area contributed by atoms with Gasteiger partial charge in [-0.1, -0.05) is 39.0 Å². The summed E-state index contributed by atoms with van der Waals surface area (Å²) in [7, 11) is 0. The largest absolute Gasteiger partial charge is 0.490 e. The lowest BCUT2D eigenvalue weighted by atomic mass is 9.72. The van der Waals surface area contributed by atoms with Crippen LogP contribution in [0.5, 0.6) is 11.5 Å². The summed E-state index contributed by atoms with van der Waals surface area (Å²) >= 11 is 5.21. The molecule has 4 nitrogen and oxygen atoms in total. The molecule has 1 aromatic heterocycles. The molecule has 0 bridgehead atoms. The summed E-state index contributed by atoms with van der Waals surface area (Å²) in [5.74, 6) is 1.35. The number of halogens is 2. The molecule has 4 rings (SSSR count). The molecule has 188 valence electrons. The molecule has 0 spiro atoms. The quantitative estimate of drug-likeness (QED) is 0.269. The lowest BCUT2D eigenvalue weighted by Gasteiger charge is -2.33. The number of ether oxygens (including phenoxy) is 2. The molecule has 0 saturated carbocycles. The van der Waals surface area contributed by atoms with Crippen LogP contribution in [0.4, 0.5) is 9.39 Å². The van der Waals surface area contributed by atoms with E-state index in [9.17, 15) is 9.65 Å². The maximum atomic E-state index is 14.0. The van der Waals surface area contributed by atoms with Crippen LogP contribution in [0, 0.1) is 28.5 Å². The van der Waals surface area contributed by atoms with Crippen LogP contribution in [0.1, 0.15) is 61.2 Å². The standard InChI is InChI=1S/C29H30BrFN2O2S/c1-5-34-25-13-18(12-23(30)27(25)35-17-19-8-6-7-9-24(19)31)16-33-28-22(15-32)21-11-10-20(29(2,3)4)14-26(21)36-28/h6-9,12-13,16,20H,5,10-11,14,17H2,1-4H3/t20-/m0/s1. The van der Waals surface area contributed by atoms with Gasteiger partial charge >= 0.3 is 0 Å². The fraction of sp³-hybridized carbons (Fsp3) is 0.379. The first kappa shape index (κ1) is 26.4. The van der Waals surface area contributed by atoms with Gasteiger partial charge in [-0.15, -0.1) is 11.3 Å². The predicted octanol–water partition coefficient (Wildman–Crippen LogP) is 8.40. The van der Waals surface area contributed by atoms with Gasteiger partial charge in [-0.3, -0.25) is 0 Å². The smallest absolute Gasteiger partial charge is 0.175 e. The number of nitriles is 1. The summed E-state index contributed by atoms with van der Waals surface area (Å²) < 4.78 is 26.5. The third-order valence-electron chi connectivity index (χ3n) is 6.58. The Bertz CT molecular complexity index is 1320. The van der Waals surface area contributed by atoms with Gasteiger partial charge < -0.3 is 9.47 Å². The Morgan fingerprint density at radius 3 is 2.72 bits per heavy atom. The van der Waals surface area contributed by atoms with Crippen molar-refractivity contribution in [3.05, 3.63) is 73.8 Å². The van der Waals surface area contributed by atoms with E-state index in [1.165, 1.54) is 16.5 Å². The highest BCUT2D eigenvalue weighted by atomic mass is 79.9. The van der Waals surface area contributed by atoms with Gasteiger partial charge in [0.2, 0.25) is 0 Å². The monoisotopic (exact) mass is 568 g/mol. The van der Waals surface area contributed by atoms with E-state index in [1.54, 1.807) is 35.8 Å². The van der Waals surface area contributed by atoms with Gasteiger partial charge in [0.25, 0.3) is 0 Å². The lowest BCUT2D eigenvalue weighted by Crippen LogP contribution is -2.26. The molecule has 2 aromatic carbocycles. The normalized spacial score (nSPS) is 15.5. The molecule has 7 heteroatoms. The highest BCUT2D eigenvalue weighted by Gasteiger charge is 2.32. The Balaban J connectivity index is 1.59. The van der Waals surface area contributed by atoms with Gasteiger partial charge in [0.15, 0.2) is 11.5 Å². The predicted molar refractivity (Wildman–Crippen MR) is 147 cm³/mol. The Hall–Kier alpha value is -2.69. The number of thiophene rings is 1. The molecule has 0 N–H and O–H groups in total. The van der Waals surface area contributed by atoms with Gasteiger partial charge in [-0.2, -0.15) is 5.26 Å². The van der Waals surface area contributed by atoms with Crippen LogP contribution in [-0.2, 0) is 19.4 Å². The Kier molecular flexibility index (Phi) is 8.17. The van der Waals surface area contributed by atoms with Gasteiger partial charge in [-0.25, -0.2) is 9.38 Å². The number of nitrogens with zero attached hydrogens (tertiary/aromatic N) is 2. The van der Waals surface area contributed by atoms with E-state index < -0.39 is 0 Å². The van der Waals surface area contributed by atoms with Crippen molar-refractivity contribution in [1.82, 2.24) is 0 Å². The Morgan fingerprint density at radius 2 is 2.03 bits per heavy atom. The Labute approximate surface area is 224 Å². The minimum Gasteiger partial charge on any atom is -0.490 e. The highest BCUT2D eigenvalue weighted by molar-refractivity contribution is 9.10. The molecular formula is C29H30BrFN2O2S. The number of hydrogen-bond donors (Lipinski definition) is 0. The fourth-order valence-corrected chi connectivity index (χ4v) is 6.28. The fourth-order valence-electron chi connectivity index (χ4n) is 4.48. The summed E-state index contributed by atoms with van der Waals surface area (Å²) in [6.45, 7) is 9.30. The van der Waals surface area contributed by atoms with E-state index in [4.69, 9.17) is 14.5 Å². The van der Waals surface area contributed by atoms with E-state index in [0.29, 0.717) is 39.6 Å². The lowest BCUT2D eigenvalue weighted by molar-refractivity contribution is 0.218. The first-order valence-corrected chi connectivity index (χ1v) is 13.7. The van der Waals surface area contributed by atoms with E-state index in [0.717, 1.165) is 29.8 Å². The molecule has 1 heterocycles. The van der Waals surface area contributed by atoms with E-state index in [1.807, 2.05) is 19.1 Å². The molecule has 1 aliphatic carbocycles. The summed E-state index contributed by atoms with van der Waals surface area (Å²) in [5, 5.41) is 10.6. The zero-order chi connectivity index (χ0) is 25.9. The molecule has 0 fully saturated rings. The molecular weight excluding hydrogens is 539 g/mol. The zero-order valence-electron chi connectivity index (χ0n) is 21.0. The third-order valence-corrected chi connectivity index (χ3v) is 8.33. The summed E-state index contributed by atoms with van der Waals surface area (Å²) in [4.78, 5) is 6.01. The maximum Gasteiger partial charge on any atom is 0.175 e. The molecule has 0 saturated heterocycles. The van der Waals surface area contributed by atoms with Gasteiger partial charge in [0.05, 0.1) is 16.6 Å². The van der Waals surface area contributed by atoms with Crippen LogP contribution in [0.3, 0.4) is 0 Å². The molecule has 36 heavy (non-hydrogen) atoms. The maximum absolute atomic E-state index is 14.0. The van der Waals surface area contributed by atoms with Crippen LogP contribution in [0.15, 0.2) is 45.9 Å². The van der Waals surface area contributed by atoms with Crippen molar-refractivity contribution in [2.75, 3.05) is 6.61 Å². The second-order valence-corrected chi connectivity index (χ2v) is 11.9. The van der Waals surface area contributed by atoms with Gasteiger partial charge in [-0.05, 0) is 82.8 Å². The topological polar surface area (TPSA) is 54.6 Å². The van der Waals surface area contributed by atoms with Gasteiger partial charge in [0.1, 0.15) is 23.5 Å². The van der Waals surface area contributed by atoms with Crippen molar-refractivity contribution in [2.45, 2.75) is 53.6 Å². The minimum atomic E-state index is -0.309. The molecule has 0 aliphatic heterocycles. The van der Waals surface area contributed by atoms with Gasteiger partial charge in [0, 0.05) is 16.7 Å². The van der Waals surface area contributed by atoms with Crippen molar-refractivity contribution in [1.29, 1.82) is 5.26 Å². The molecule has 1 aliphatic rings. The summed E-state index contributed by atoms with van der Waals surface area (Å²) in [6, 6.07) is 12.7. The average molecular weight is 570 g/mol. The van der Waals surface area contributed by atoms with Crippen molar-refractivity contribution in [3.63, 3.8) is 0 Å². The minimum absolute atomic E-state index is 0.0840. The second-order valence-electron chi connectivity index (χ2n) is 10.0. The molecule has 1 atom stereocenters. The number of aliphatic imine (C=N–C) groups is 1. The van der Waals surface area contributed by atoms with Crippen LogP contribution >= 0.6 is 27.3 Å². The zero-order valence-corrected chi connectivity index (χ0v) is 23.4. The van der Waals surface area contributed by atoms with Crippen molar-refractivity contribution in [2.24, 2.45) is 16.3 Å². The van der Waals surface area contributed by atoms with Crippen molar-refractivity contribution < 1.29 is 13.9 Å². The van der Waals surface area contributed by atoms with Crippen LogP contribution < -0.4 is 9.47 Å². The number of benzene rings is 2. The Morgan fingerprint density at radius 1 is 1.25 bits per heavy atom. The summed E-state index contributed by atoms with van der Waals surface area (Å²) in [6.07, 6.45) is 4.79. The van der Waals surface area contributed by atoms with Crippen molar-refractivity contribution in [3.8, 4) is 17.6 Å². The van der Waals surface area contributed by atoms with E-state index in [-0.39, 0.29) is 17.8 Å². The van der Waals surface area contributed by atoms with E-state index in [2.05, 4.69) is 42.8 Å². The average Bonchev–Trinajstić information content (AvgIpc) is 3.19. The first-order valence-electron chi connectivity index (χ1n) is 12.1. The van der Waals surface area contributed by atoms with Crippen LogP contribution in [0.2, 0.25) is 0 Å². The molecule has 0 amide bonds. The number of fused-ring (bicyclic) bond motifs is 1. The third kappa shape index (κ3) is 5.82. The molecule has 0 unspecified atom stereocenters. The number of hydrogen-bond acceptors (Lipinski definition) is 5. The highest BCUT2D eigenvalue weighted by Crippen LogP contribution is 2.45. The molecule has 0 radical (unpaired) electrons. The van der Waals surface area contributed by atoms with Crippen LogP contribution in [0.25, 0.3) is 0 Å². The second kappa shape index (κ2) is 11.1. The first-order chi connectivity index (χ1) is 17.2. The summed E-state index contributed by atoms with van der Waals surface area (Å²) in [5.41, 5.74) is 3.40. The SMILES string of the molecule is CCOc1cc(C=Nc2sc3c(c2C#N)CC[C@H](C(C)(C)C)C3)cc(Br)c1OCc1ccccc1F. The van der Waals surface area contributed by atoms with E-state index >= 15 is 0 Å². The van der Waals surface area contributed by atoms with Crippen LogP contribution in [-0.4, -0.2) is 12.8 Å². The number of rotatable bonds is 7. The molecule has 3 aromatic rings. The van der Waals surface area contributed by atoms with Crippen molar-refractivity contribution >= 4 is 38.5 Å².